The van der Waals surface area contributed by atoms with Gasteiger partial charge in [-0.2, -0.15) is 0 Å². The zero-order chi connectivity index (χ0) is 17.5. The highest BCUT2D eigenvalue weighted by atomic mass is 16.5. The van der Waals surface area contributed by atoms with Gasteiger partial charge in [-0.25, -0.2) is 0 Å². The normalized spacial score (nSPS) is 21.4. The van der Waals surface area contributed by atoms with Crippen molar-refractivity contribution in [2.24, 2.45) is 0 Å². The van der Waals surface area contributed by atoms with Crippen molar-refractivity contribution in [3.05, 3.63) is 35.4 Å². The molecule has 2 rings (SSSR count). The molecule has 0 bridgehead atoms. The van der Waals surface area contributed by atoms with Gasteiger partial charge < -0.3 is 10.1 Å². The van der Waals surface area contributed by atoms with Gasteiger partial charge >= 0.3 is 0 Å². The number of likely N-dealkylation sites (tertiary alicyclic amines) is 1. The van der Waals surface area contributed by atoms with E-state index in [1.807, 2.05) is 19.2 Å². The molecule has 0 saturated carbocycles. The van der Waals surface area contributed by atoms with Crippen molar-refractivity contribution >= 4 is 5.91 Å². The van der Waals surface area contributed by atoms with Crippen LogP contribution in [0.2, 0.25) is 0 Å². The summed E-state index contributed by atoms with van der Waals surface area (Å²) in [5.41, 5.74) is 2.57. The molecule has 0 aromatic heterocycles. The van der Waals surface area contributed by atoms with Gasteiger partial charge in [0, 0.05) is 32.8 Å². The molecule has 1 aliphatic rings. The molecular formula is C19H31N3O2. The SMILES string of the molecule is CO[C@H]1C[C@@H](CN(C)CC(=O)NCCc2ccccc2C)N(C)C1. The number of hydrogen-bond acceptors (Lipinski definition) is 4. The largest absolute Gasteiger partial charge is 0.380 e. The maximum Gasteiger partial charge on any atom is 0.234 e. The fourth-order valence-electron chi connectivity index (χ4n) is 3.37. The number of aryl methyl sites for hydroxylation is 1. The summed E-state index contributed by atoms with van der Waals surface area (Å²) in [7, 11) is 5.90. The van der Waals surface area contributed by atoms with Crippen molar-refractivity contribution < 1.29 is 9.53 Å². The first-order valence-corrected chi connectivity index (χ1v) is 8.72. The van der Waals surface area contributed by atoms with Gasteiger partial charge in [-0.05, 0) is 45.0 Å². The van der Waals surface area contributed by atoms with Crippen LogP contribution in [0.1, 0.15) is 17.5 Å². The van der Waals surface area contributed by atoms with Gasteiger partial charge in [-0.3, -0.25) is 14.6 Å². The third kappa shape index (κ3) is 5.58. The Labute approximate surface area is 146 Å². The molecule has 1 amide bonds. The first kappa shape index (κ1) is 18.9. The molecule has 5 nitrogen and oxygen atoms in total. The summed E-state index contributed by atoms with van der Waals surface area (Å²) >= 11 is 0. The van der Waals surface area contributed by atoms with E-state index in [-0.39, 0.29) is 5.91 Å². The zero-order valence-electron chi connectivity index (χ0n) is 15.4. The van der Waals surface area contributed by atoms with Gasteiger partial charge in [0.1, 0.15) is 0 Å². The number of ether oxygens (including phenoxy) is 1. The summed E-state index contributed by atoms with van der Waals surface area (Å²) in [5.74, 6) is 0.0926. The standard InChI is InChI=1S/C19H31N3O2/c1-15-7-5-6-8-16(15)9-10-20-19(23)14-21(2)12-17-11-18(24-4)13-22(17)3/h5-8,17-18H,9-14H2,1-4H3,(H,20,23)/t17-,18-/m0/s1. The van der Waals surface area contributed by atoms with Gasteiger partial charge in [-0.1, -0.05) is 24.3 Å². The fourth-order valence-corrected chi connectivity index (χ4v) is 3.37. The molecule has 134 valence electrons. The van der Waals surface area contributed by atoms with Gasteiger partial charge in [0.2, 0.25) is 5.91 Å². The zero-order valence-corrected chi connectivity index (χ0v) is 15.4. The summed E-state index contributed by atoms with van der Waals surface area (Å²) in [6.45, 7) is 5.10. The molecule has 1 fully saturated rings. The first-order valence-electron chi connectivity index (χ1n) is 8.72. The van der Waals surface area contributed by atoms with Crippen molar-refractivity contribution in [2.75, 3.05) is 47.4 Å². The Hall–Kier alpha value is -1.43. The van der Waals surface area contributed by atoms with E-state index in [1.54, 1.807) is 7.11 Å². The van der Waals surface area contributed by atoms with Crippen molar-refractivity contribution in [3.8, 4) is 0 Å². The van der Waals surface area contributed by atoms with Crippen LogP contribution in [0.25, 0.3) is 0 Å². The van der Waals surface area contributed by atoms with E-state index < -0.39 is 0 Å². The monoisotopic (exact) mass is 333 g/mol. The van der Waals surface area contributed by atoms with E-state index in [4.69, 9.17) is 4.74 Å². The van der Waals surface area contributed by atoms with E-state index in [9.17, 15) is 4.79 Å². The van der Waals surface area contributed by atoms with Crippen molar-refractivity contribution in [3.63, 3.8) is 0 Å². The predicted molar refractivity (Wildman–Crippen MR) is 97.2 cm³/mol. The topological polar surface area (TPSA) is 44.8 Å². The molecule has 1 aromatic rings. The van der Waals surface area contributed by atoms with E-state index >= 15 is 0 Å². The van der Waals surface area contributed by atoms with Gasteiger partial charge in [0.15, 0.2) is 0 Å². The van der Waals surface area contributed by atoms with Gasteiger partial charge in [0.25, 0.3) is 0 Å². The first-order chi connectivity index (χ1) is 11.5. The smallest absolute Gasteiger partial charge is 0.234 e. The van der Waals surface area contributed by atoms with Crippen LogP contribution in [0.15, 0.2) is 24.3 Å². The molecule has 0 spiro atoms. The quantitative estimate of drug-likeness (QED) is 0.779. The highest BCUT2D eigenvalue weighted by Crippen LogP contribution is 2.18. The minimum absolute atomic E-state index is 0.0926. The molecule has 1 saturated heterocycles. The lowest BCUT2D eigenvalue weighted by Gasteiger charge is -2.25. The summed E-state index contributed by atoms with van der Waals surface area (Å²) in [6, 6.07) is 8.77. The number of rotatable bonds is 8. The summed E-state index contributed by atoms with van der Waals surface area (Å²) in [5, 5.41) is 3.03. The number of nitrogens with zero attached hydrogens (tertiary/aromatic N) is 2. The maximum absolute atomic E-state index is 12.1. The Morgan fingerprint density at radius 2 is 2.17 bits per heavy atom. The number of carbonyl (C=O) groups excluding carboxylic acids is 1. The van der Waals surface area contributed by atoms with E-state index in [0.29, 0.717) is 25.2 Å². The molecular weight excluding hydrogens is 302 g/mol. The average molecular weight is 333 g/mol. The van der Waals surface area contributed by atoms with Crippen LogP contribution < -0.4 is 5.32 Å². The van der Waals surface area contributed by atoms with E-state index in [1.165, 1.54) is 11.1 Å². The van der Waals surface area contributed by atoms with Crippen molar-refractivity contribution in [1.29, 1.82) is 0 Å². The Morgan fingerprint density at radius 3 is 2.83 bits per heavy atom. The van der Waals surface area contributed by atoms with Crippen LogP contribution in [0.5, 0.6) is 0 Å². The van der Waals surface area contributed by atoms with Crippen LogP contribution in [0, 0.1) is 6.92 Å². The maximum atomic E-state index is 12.1. The van der Waals surface area contributed by atoms with Crippen LogP contribution in [0.4, 0.5) is 0 Å². The molecule has 1 heterocycles. The van der Waals surface area contributed by atoms with E-state index in [0.717, 1.165) is 25.9 Å². The highest BCUT2D eigenvalue weighted by molar-refractivity contribution is 5.77. The van der Waals surface area contributed by atoms with Crippen LogP contribution in [0.3, 0.4) is 0 Å². The predicted octanol–water partition coefficient (Wildman–Crippen LogP) is 1.30. The molecule has 2 atom stereocenters. The Balaban J connectivity index is 1.67. The van der Waals surface area contributed by atoms with E-state index in [2.05, 4.69) is 41.2 Å². The summed E-state index contributed by atoms with van der Waals surface area (Å²) in [4.78, 5) is 16.5. The Kier molecular flexibility index (Phi) is 7.21. The molecule has 0 radical (unpaired) electrons. The number of amides is 1. The number of hydrogen-bond donors (Lipinski definition) is 1. The second-order valence-electron chi connectivity index (χ2n) is 6.91. The third-order valence-corrected chi connectivity index (χ3v) is 4.90. The lowest BCUT2D eigenvalue weighted by Crippen LogP contribution is -2.42. The minimum Gasteiger partial charge on any atom is -0.380 e. The Bertz CT molecular complexity index is 535. The van der Waals surface area contributed by atoms with Crippen molar-refractivity contribution in [1.82, 2.24) is 15.1 Å². The summed E-state index contributed by atoms with van der Waals surface area (Å²) in [6.07, 6.45) is 2.23. The van der Waals surface area contributed by atoms with Gasteiger partial charge in [-0.15, -0.1) is 0 Å². The lowest BCUT2D eigenvalue weighted by atomic mass is 10.1. The number of carbonyl (C=O) groups is 1. The molecule has 24 heavy (non-hydrogen) atoms. The second kappa shape index (κ2) is 9.16. The van der Waals surface area contributed by atoms with Crippen molar-refractivity contribution in [2.45, 2.75) is 31.9 Å². The number of methoxy groups -OCH3 is 1. The van der Waals surface area contributed by atoms with Crippen LogP contribution >= 0.6 is 0 Å². The summed E-state index contributed by atoms with van der Waals surface area (Å²) < 4.78 is 5.44. The molecule has 1 aromatic carbocycles. The molecule has 0 aliphatic carbocycles. The third-order valence-electron chi connectivity index (χ3n) is 4.90. The number of benzene rings is 1. The number of nitrogens with one attached hydrogen (secondary N) is 1. The second-order valence-corrected chi connectivity index (χ2v) is 6.91. The average Bonchev–Trinajstić information content (AvgIpc) is 2.89. The molecule has 1 N–H and O–H groups in total. The van der Waals surface area contributed by atoms with Crippen LogP contribution in [-0.4, -0.2) is 75.2 Å². The minimum atomic E-state index is 0.0926. The Morgan fingerprint density at radius 1 is 1.42 bits per heavy atom. The molecule has 0 unspecified atom stereocenters. The lowest BCUT2D eigenvalue weighted by molar-refractivity contribution is -0.122. The fraction of sp³-hybridized carbons (Fsp3) is 0.632. The molecule has 1 aliphatic heterocycles. The molecule has 5 heteroatoms. The van der Waals surface area contributed by atoms with Crippen LogP contribution in [-0.2, 0) is 16.0 Å². The highest BCUT2D eigenvalue weighted by Gasteiger charge is 2.30. The van der Waals surface area contributed by atoms with Gasteiger partial charge in [0.05, 0.1) is 12.6 Å². The number of likely N-dealkylation sites (N-methyl/N-ethyl adjacent to an activating group) is 2.